The zero-order valence-electron chi connectivity index (χ0n) is 19.8. The molecule has 0 bridgehead atoms. The van der Waals surface area contributed by atoms with Gasteiger partial charge in [-0.2, -0.15) is 18.2 Å². The third-order valence-corrected chi connectivity index (χ3v) is 7.59. The van der Waals surface area contributed by atoms with Gasteiger partial charge in [0, 0.05) is 43.4 Å². The van der Waals surface area contributed by atoms with Crippen molar-refractivity contribution >= 4 is 46.2 Å². The molecule has 0 amide bonds. The number of piperazine rings is 1. The molecular weight excluding hydrogens is 517 g/mol. The number of thioether (sulfide) groups is 1. The fraction of sp³-hybridized carbons (Fsp3) is 0.455. The molecule has 3 aromatic heterocycles. The van der Waals surface area contributed by atoms with Gasteiger partial charge in [-0.3, -0.25) is 13.9 Å². The van der Waals surface area contributed by atoms with Gasteiger partial charge in [0.15, 0.2) is 16.3 Å². The number of fused-ring (bicyclic) bond motifs is 1. The van der Waals surface area contributed by atoms with Gasteiger partial charge in [0.05, 0.1) is 6.54 Å². The lowest BCUT2D eigenvalue weighted by Gasteiger charge is -2.28. The van der Waals surface area contributed by atoms with Gasteiger partial charge in [0.1, 0.15) is 0 Å². The number of hydrogen-bond acceptors (Lipinski definition) is 8. The van der Waals surface area contributed by atoms with Crippen molar-refractivity contribution in [1.82, 2.24) is 24.4 Å². The molecule has 1 saturated heterocycles. The van der Waals surface area contributed by atoms with Gasteiger partial charge in [-0.15, -0.1) is 17.3 Å². The Morgan fingerprint density at radius 1 is 1.33 bits per heavy atom. The number of thiophene rings is 1. The van der Waals surface area contributed by atoms with Gasteiger partial charge in [-0.25, -0.2) is 9.78 Å². The van der Waals surface area contributed by atoms with Crippen molar-refractivity contribution in [2.75, 3.05) is 31.1 Å². The average Bonchev–Trinajstić information content (AvgIpc) is 3.50. The Kier molecular flexibility index (Phi) is 9.04. The molecule has 4 rings (SSSR count). The molecule has 0 radical (unpaired) electrons. The van der Waals surface area contributed by atoms with Gasteiger partial charge in [0.25, 0.3) is 5.56 Å². The number of carboxylic acids is 1. The molecule has 4 heterocycles. The van der Waals surface area contributed by atoms with Crippen LogP contribution in [0.2, 0.25) is 0 Å². The number of halogens is 3. The lowest BCUT2D eigenvalue weighted by Crippen LogP contribution is -2.44. The largest absolute Gasteiger partial charge is 0.490 e. The van der Waals surface area contributed by atoms with Crippen LogP contribution in [0.3, 0.4) is 0 Å². The summed E-state index contributed by atoms with van der Waals surface area (Å²) in [5.41, 5.74) is 0.944. The van der Waals surface area contributed by atoms with E-state index in [2.05, 4.69) is 40.4 Å². The van der Waals surface area contributed by atoms with E-state index in [9.17, 15) is 18.0 Å². The molecule has 3 aromatic rings. The van der Waals surface area contributed by atoms with Crippen LogP contribution in [0.15, 0.2) is 27.5 Å². The van der Waals surface area contributed by atoms with E-state index in [0.29, 0.717) is 22.9 Å². The van der Waals surface area contributed by atoms with Gasteiger partial charge in [-0.1, -0.05) is 23.7 Å². The molecule has 194 valence electrons. The van der Waals surface area contributed by atoms with E-state index in [-0.39, 0.29) is 10.8 Å². The van der Waals surface area contributed by atoms with E-state index >= 15 is 0 Å². The highest BCUT2D eigenvalue weighted by Crippen LogP contribution is 2.36. The van der Waals surface area contributed by atoms with Gasteiger partial charge >= 0.3 is 12.1 Å². The minimum absolute atomic E-state index is 0.0809. The van der Waals surface area contributed by atoms with Crippen LogP contribution in [0.25, 0.3) is 11.2 Å². The Morgan fingerprint density at radius 2 is 2.00 bits per heavy atom. The molecule has 0 aromatic carbocycles. The highest BCUT2D eigenvalue weighted by Gasteiger charge is 2.38. The van der Waals surface area contributed by atoms with Crippen LogP contribution < -0.4 is 15.8 Å². The van der Waals surface area contributed by atoms with Crippen LogP contribution >= 0.6 is 23.1 Å². The van der Waals surface area contributed by atoms with Crippen LogP contribution in [0.1, 0.15) is 24.0 Å². The van der Waals surface area contributed by atoms with Crippen LogP contribution in [0.4, 0.5) is 19.1 Å². The molecule has 1 atom stereocenters. The normalized spacial score (nSPS) is 14.6. The summed E-state index contributed by atoms with van der Waals surface area (Å²) in [6, 6.07) is 4.16. The average molecular weight is 543 g/mol. The van der Waals surface area contributed by atoms with Crippen LogP contribution in [0.5, 0.6) is 0 Å². The number of imidazole rings is 1. The number of aromatic nitrogens is 4. The molecule has 1 fully saturated rings. The maximum atomic E-state index is 13.3. The summed E-state index contributed by atoms with van der Waals surface area (Å²) >= 11 is 3.30. The smallest absolute Gasteiger partial charge is 0.475 e. The Bertz CT molecular complexity index is 1320. The first kappa shape index (κ1) is 27.6. The van der Waals surface area contributed by atoms with Crippen molar-refractivity contribution in [3.05, 3.63) is 32.7 Å². The molecule has 0 aliphatic carbocycles. The van der Waals surface area contributed by atoms with Crippen molar-refractivity contribution in [3.63, 3.8) is 0 Å². The van der Waals surface area contributed by atoms with E-state index in [1.54, 1.807) is 41.6 Å². The fourth-order valence-electron chi connectivity index (χ4n) is 3.39. The van der Waals surface area contributed by atoms with Crippen molar-refractivity contribution in [2.24, 2.45) is 7.05 Å². The number of nitrogens with one attached hydrogen (secondary N) is 1. The van der Waals surface area contributed by atoms with E-state index in [1.165, 1.54) is 4.88 Å². The monoisotopic (exact) mass is 542 g/mol. The molecule has 9 nitrogen and oxygen atoms in total. The predicted octanol–water partition coefficient (Wildman–Crippen LogP) is 3.11. The van der Waals surface area contributed by atoms with Gasteiger partial charge in [0.2, 0.25) is 5.95 Å². The number of aliphatic carboxylic acids is 1. The standard InChI is InChI=1S/C20H24N6OS2.C2HF3O2/c1-4-5-10-26-16-17(22-19(26)25-11-8-21-9-12-25)23-20(24(3)18(16)27)29-14(2)15-7-6-13-28-15;3-2(4,5)1(6)7/h6-7,13-14,21H,8-12H2,1-3H3;(H,6,7). The Hall–Kier alpha value is -3.02. The number of carbonyl (C=O) groups is 1. The number of rotatable bonds is 5. The second kappa shape index (κ2) is 11.8. The number of anilines is 1. The van der Waals surface area contributed by atoms with Crippen molar-refractivity contribution in [1.29, 1.82) is 0 Å². The number of carboxylic acid groups (broad SMARTS) is 1. The lowest BCUT2D eigenvalue weighted by atomic mass is 10.4. The molecule has 1 aliphatic rings. The van der Waals surface area contributed by atoms with Crippen molar-refractivity contribution < 1.29 is 23.1 Å². The summed E-state index contributed by atoms with van der Waals surface area (Å²) in [6.07, 6.45) is -5.08. The van der Waals surface area contributed by atoms with E-state index in [4.69, 9.17) is 19.9 Å². The zero-order chi connectivity index (χ0) is 26.5. The van der Waals surface area contributed by atoms with E-state index in [1.807, 2.05) is 10.6 Å². The van der Waals surface area contributed by atoms with Gasteiger partial charge in [-0.05, 0) is 25.3 Å². The number of hydrogen-bond donors (Lipinski definition) is 2. The Balaban J connectivity index is 0.000000454. The third kappa shape index (κ3) is 6.40. The molecule has 14 heteroatoms. The maximum absolute atomic E-state index is 13.3. The fourth-order valence-corrected chi connectivity index (χ4v) is 5.25. The van der Waals surface area contributed by atoms with Crippen LogP contribution in [0, 0.1) is 11.8 Å². The first-order valence-corrected chi connectivity index (χ1v) is 12.6. The van der Waals surface area contributed by atoms with Gasteiger partial charge < -0.3 is 15.3 Å². The summed E-state index contributed by atoms with van der Waals surface area (Å²) in [4.78, 5) is 35.2. The molecule has 0 spiro atoms. The number of alkyl halides is 3. The zero-order valence-corrected chi connectivity index (χ0v) is 21.4. The predicted molar refractivity (Wildman–Crippen MR) is 134 cm³/mol. The minimum Gasteiger partial charge on any atom is -0.475 e. The molecule has 36 heavy (non-hydrogen) atoms. The Morgan fingerprint density at radius 3 is 2.56 bits per heavy atom. The highest BCUT2D eigenvalue weighted by molar-refractivity contribution is 7.99. The quantitative estimate of drug-likeness (QED) is 0.288. The second-order valence-corrected chi connectivity index (χ2v) is 9.96. The third-order valence-electron chi connectivity index (χ3n) is 5.21. The molecule has 1 aliphatic heterocycles. The van der Waals surface area contributed by atoms with Crippen molar-refractivity contribution in [3.8, 4) is 11.8 Å². The summed E-state index contributed by atoms with van der Waals surface area (Å²) < 4.78 is 35.3. The van der Waals surface area contributed by atoms with E-state index in [0.717, 1.165) is 32.1 Å². The molecule has 2 N–H and O–H groups in total. The topological polar surface area (TPSA) is 105 Å². The first-order valence-electron chi connectivity index (χ1n) is 10.9. The first-order chi connectivity index (χ1) is 17.0. The minimum atomic E-state index is -5.08. The van der Waals surface area contributed by atoms with Crippen LogP contribution in [-0.4, -0.2) is 62.5 Å². The summed E-state index contributed by atoms with van der Waals surface area (Å²) in [7, 11) is 1.78. The SMILES string of the molecule is CC#CCn1c(N2CCNCC2)nc2nc(SC(C)c3cccs3)n(C)c(=O)c21.O=C(O)C(F)(F)F. The summed E-state index contributed by atoms with van der Waals surface area (Å²) in [6.45, 7) is 7.86. The highest BCUT2D eigenvalue weighted by atomic mass is 32.2. The summed E-state index contributed by atoms with van der Waals surface area (Å²) in [5.74, 6) is 4.03. The van der Waals surface area contributed by atoms with Crippen molar-refractivity contribution in [2.45, 2.75) is 37.0 Å². The number of nitrogens with zero attached hydrogens (tertiary/aromatic N) is 5. The molecular formula is C22H25F3N6O3S2. The Labute approximate surface area is 213 Å². The molecule has 1 unspecified atom stereocenters. The van der Waals surface area contributed by atoms with E-state index < -0.39 is 12.1 Å². The van der Waals surface area contributed by atoms with Crippen LogP contribution in [-0.2, 0) is 18.4 Å². The lowest BCUT2D eigenvalue weighted by molar-refractivity contribution is -0.192. The molecule has 0 saturated carbocycles. The maximum Gasteiger partial charge on any atom is 0.490 e. The second-order valence-electron chi connectivity index (χ2n) is 7.67. The summed E-state index contributed by atoms with van der Waals surface area (Å²) in [5, 5.41) is 13.4.